The first-order chi connectivity index (χ1) is 18.0. The van der Waals surface area contributed by atoms with Gasteiger partial charge in [-0.2, -0.15) is 0 Å². The van der Waals surface area contributed by atoms with Gasteiger partial charge in [0.05, 0.1) is 26.2 Å². The van der Waals surface area contributed by atoms with Crippen molar-refractivity contribution in [3.05, 3.63) is 54.1 Å². The molecule has 38 heavy (non-hydrogen) atoms. The van der Waals surface area contributed by atoms with Gasteiger partial charge in [0.1, 0.15) is 17.5 Å². The number of hydrogen-bond acceptors (Lipinski definition) is 6. The van der Waals surface area contributed by atoms with Crippen LogP contribution in [0.2, 0.25) is 0 Å². The molecule has 0 spiro atoms. The fourth-order valence-corrected chi connectivity index (χ4v) is 5.04. The van der Waals surface area contributed by atoms with Crippen LogP contribution in [0.4, 0.5) is 5.69 Å². The standard InChI is InChI=1S/C28H41N3O6S/c1-7-26(28(33)29-19-21(2)3)30(20-22-11-8-13-24(17-22)36-4)27(32)15-10-16-31(38(6,34)35)23-12-9-14-25(18-23)37-5/h8-9,11-14,17-18,21,26H,7,10,15-16,19-20H2,1-6H3,(H,29,33)/t26-/m1/s1. The smallest absolute Gasteiger partial charge is 0.242 e. The number of sulfonamides is 1. The number of amides is 2. The Morgan fingerprint density at radius 1 is 1.00 bits per heavy atom. The summed E-state index contributed by atoms with van der Waals surface area (Å²) >= 11 is 0. The third kappa shape index (κ3) is 9.24. The number of rotatable bonds is 15. The third-order valence-electron chi connectivity index (χ3n) is 6.05. The molecule has 2 aromatic carbocycles. The molecule has 0 unspecified atom stereocenters. The van der Waals surface area contributed by atoms with Gasteiger partial charge in [-0.1, -0.05) is 39.0 Å². The molecule has 0 fully saturated rings. The minimum Gasteiger partial charge on any atom is -0.497 e. The molecule has 10 heteroatoms. The lowest BCUT2D eigenvalue weighted by Gasteiger charge is -2.31. The summed E-state index contributed by atoms with van der Waals surface area (Å²) in [4.78, 5) is 28.2. The van der Waals surface area contributed by atoms with Gasteiger partial charge in [0, 0.05) is 32.1 Å². The van der Waals surface area contributed by atoms with Gasteiger partial charge in [-0.3, -0.25) is 13.9 Å². The highest BCUT2D eigenvalue weighted by molar-refractivity contribution is 7.92. The maximum absolute atomic E-state index is 13.5. The van der Waals surface area contributed by atoms with Crippen LogP contribution in [0.3, 0.4) is 0 Å². The van der Waals surface area contributed by atoms with E-state index in [1.807, 2.05) is 45.0 Å². The third-order valence-corrected chi connectivity index (χ3v) is 7.25. The number of nitrogens with one attached hydrogen (secondary N) is 1. The van der Waals surface area contributed by atoms with Crippen molar-refractivity contribution >= 4 is 27.5 Å². The average Bonchev–Trinajstić information content (AvgIpc) is 2.89. The molecule has 1 atom stereocenters. The SMILES string of the molecule is CC[C@H](C(=O)NCC(C)C)N(Cc1cccc(OC)c1)C(=O)CCCN(c1cccc(OC)c1)S(C)(=O)=O. The molecule has 9 nitrogen and oxygen atoms in total. The van der Waals surface area contributed by atoms with E-state index in [0.717, 1.165) is 11.8 Å². The first kappa shape index (κ1) is 31.0. The Labute approximate surface area is 227 Å². The molecular weight excluding hydrogens is 506 g/mol. The van der Waals surface area contributed by atoms with Crippen LogP contribution in [-0.2, 0) is 26.2 Å². The molecule has 210 valence electrons. The summed E-state index contributed by atoms with van der Waals surface area (Å²) in [5, 5.41) is 2.95. The molecule has 1 N–H and O–H groups in total. The molecule has 0 aliphatic rings. The molecular formula is C28H41N3O6S. The van der Waals surface area contributed by atoms with Crippen molar-refractivity contribution in [3.63, 3.8) is 0 Å². The number of carbonyl (C=O) groups excluding carboxylic acids is 2. The van der Waals surface area contributed by atoms with E-state index in [-0.39, 0.29) is 43.7 Å². The number of anilines is 1. The zero-order valence-corrected chi connectivity index (χ0v) is 24.1. The van der Waals surface area contributed by atoms with E-state index in [9.17, 15) is 18.0 Å². The maximum Gasteiger partial charge on any atom is 0.242 e. The van der Waals surface area contributed by atoms with E-state index in [0.29, 0.717) is 30.2 Å². The van der Waals surface area contributed by atoms with E-state index in [2.05, 4.69) is 5.32 Å². The highest BCUT2D eigenvalue weighted by atomic mass is 32.2. The van der Waals surface area contributed by atoms with Crippen LogP contribution in [0.1, 0.15) is 45.6 Å². The summed E-state index contributed by atoms with van der Waals surface area (Å²) in [5.41, 5.74) is 1.30. The predicted molar refractivity (Wildman–Crippen MR) is 150 cm³/mol. The first-order valence-corrected chi connectivity index (χ1v) is 14.7. The average molecular weight is 548 g/mol. The number of ether oxygens (including phenoxy) is 2. The van der Waals surface area contributed by atoms with Gasteiger partial charge in [-0.05, 0) is 48.6 Å². The second-order valence-corrected chi connectivity index (χ2v) is 11.5. The van der Waals surface area contributed by atoms with Gasteiger partial charge in [0.25, 0.3) is 0 Å². The molecule has 0 saturated carbocycles. The largest absolute Gasteiger partial charge is 0.497 e. The van der Waals surface area contributed by atoms with E-state index >= 15 is 0 Å². The van der Waals surface area contributed by atoms with Crippen LogP contribution < -0.4 is 19.1 Å². The lowest BCUT2D eigenvalue weighted by atomic mass is 10.1. The van der Waals surface area contributed by atoms with Crippen molar-refractivity contribution in [2.75, 3.05) is 37.9 Å². The van der Waals surface area contributed by atoms with Crippen LogP contribution in [0.5, 0.6) is 11.5 Å². The van der Waals surface area contributed by atoms with Gasteiger partial charge in [0.15, 0.2) is 0 Å². The van der Waals surface area contributed by atoms with Crippen LogP contribution >= 0.6 is 0 Å². The molecule has 2 aromatic rings. The van der Waals surface area contributed by atoms with E-state index in [4.69, 9.17) is 9.47 Å². The van der Waals surface area contributed by atoms with Gasteiger partial charge < -0.3 is 19.7 Å². The van der Waals surface area contributed by atoms with Crippen LogP contribution in [0.25, 0.3) is 0 Å². The van der Waals surface area contributed by atoms with Crippen molar-refractivity contribution in [1.82, 2.24) is 10.2 Å². The van der Waals surface area contributed by atoms with Gasteiger partial charge in [-0.15, -0.1) is 0 Å². The van der Waals surface area contributed by atoms with Crippen molar-refractivity contribution in [2.45, 2.75) is 52.6 Å². The number of benzene rings is 2. The molecule has 0 aliphatic carbocycles. The number of carbonyl (C=O) groups is 2. The highest BCUT2D eigenvalue weighted by Crippen LogP contribution is 2.24. The van der Waals surface area contributed by atoms with Crippen LogP contribution in [-0.4, -0.2) is 64.7 Å². The predicted octanol–water partition coefficient (Wildman–Crippen LogP) is 3.83. The summed E-state index contributed by atoms with van der Waals surface area (Å²) in [5.74, 6) is 1.05. The minimum atomic E-state index is -3.59. The van der Waals surface area contributed by atoms with Crippen molar-refractivity contribution in [1.29, 1.82) is 0 Å². The molecule has 0 bridgehead atoms. The second kappa shape index (κ2) is 14.6. The fraction of sp³-hybridized carbons (Fsp3) is 0.500. The molecule has 0 heterocycles. The van der Waals surface area contributed by atoms with Crippen LogP contribution in [0, 0.1) is 5.92 Å². The molecule has 0 saturated heterocycles. The van der Waals surface area contributed by atoms with E-state index < -0.39 is 16.1 Å². The van der Waals surface area contributed by atoms with Crippen molar-refractivity contribution in [2.24, 2.45) is 5.92 Å². The van der Waals surface area contributed by atoms with Crippen molar-refractivity contribution < 1.29 is 27.5 Å². The normalized spacial score (nSPS) is 12.1. The second-order valence-electron chi connectivity index (χ2n) is 9.58. The maximum atomic E-state index is 13.5. The lowest BCUT2D eigenvalue weighted by molar-refractivity contribution is -0.141. The number of hydrogen-bond donors (Lipinski definition) is 1. The summed E-state index contributed by atoms with van der Waals surface area (Å²) in [7, 11) is -0.502. The topological polar surface area (TPSA) is 105 Å². The summed E-state index contributed by atoms with van der Waals surface area (Å²) in [6.45, 7) is 6.75. The Morgan fingerprint density at radius 3 is 2.21 bits per heavy atom. The zero-order valence-electron chi connectivity index (χ0n) is 23.3. The summed E-state index contributed by atoms with van der Waals surface area (Å²) in [6.07, 6.45) is 1.93. The summed E-state index contributed by atoms with van der Waals surface area (Å²) in [6, 6.07) is 13.5. The lowest BCUT2D eigenvalue weighted by Crippen LogP contribution is -2.49. The van der Waals surface area contributed by atoms with E-state index in [1.54, 1.807) is 36.3 Å². The Hall–Kier alpha value is -3.27. The fourth-order valence-electron chi connectivity index (χ4n) is 4.08. The van der Waals surface area contributed by atoms with Gasteiger partial charge in [0.2, 0.25) is 21.8 Å². The minimum absolute atomic E-state index is 0.0773. The quantitative estimate of drug-likeness (QED) is 0.363. The van der Waals surface area contributed by atoms with Gasteiger partial charge in [-0.25, -0.2) is 8.42 Å². The number of nitrogens with zero attached hydrogens (tertiary/aromatic N) is 2. The van der Waals surface area contributed by atoms with Gasteiger partial charge >= 0.3 is 0 Å². The Kier molecular flexibility index (Phi) is 11.9. The molecule has 0 aliphatic heterocycles. The highest BCUT2D eigenvalue weighted by Gasteiger charge is 2.29. The van der Waals surface area contributed by atoms with Crippen LogP contribution in [0.15, 0.2) is 48.5 Å². The summed E-state index contributed by atoms with van der Waals surface area (Å²) < 4.78 is 36.9. The Bertz CT molecular complexity index is 1170. The monoisotopic (exact) mass is 547 g/mol. The van der Waals surface area contributed by atoms with E-state index in [1.165, 1.54) is 11.4 Å². The Balaban J connectivity index is 2.24. The first-order valence-electron chi connectivity index (χ1n) is 12.8. The molecule has 2 amide bonds. The van der Waals surface area contributed by atoms with Crippen molar-refractivity contribution in [3.8, 4) is 11.5 Å². The molecule has 0 aromatic heterocycles. The zero-order chi connectivity index (χ0) is 28.3. The number of methoxy groups -OCH3 is 2. The Morgan fingerprint density at radius 2 is 1.63 bits per heavy atom. The molecule has 2 rings (SSSR count). The molecule has 0 radical (unpaired) electrons.